The van der Waals surface area contributed by atoms with E-state index >= 15 is 0 Å². The number of anilines is 2. The van der Waals surface area contributed by atoms with Crippen LogP contribution in [0, 0.1) is 5.82 Å². The van der Waals surface area contributed by atoms with Gasteiger partial charge in [-0.3, -0.25) is 0 Å². The smallest absolute Gasteiger partial charge is 0.125 e. The molecule has 0 atom stereocenters. The van der Waals surface area contributed by atoms with Crippen LogP contribution in [0.1, 0.15) is 5.56 Å². The van der Waals surface area contributed by atoms with Crippen molar-refractivity contribution in [1.29, 1.82) is 0 Å². The van der Waals surface area contributed by atoms with Crippen molar-refractivity contribution in [3.8, 4) is 0 Å². The molecule has 100 valence electrons. The van der Waals surface area contributed by atoms with Crippen molar-refractivity contribution in [2.45, 2.75) is 6.42 Å². The van der Waals surface area contributed by atoms with Gasteiger partial charge < -0.3 is 10.6 Å². The average Bonchev–Trinajstić information content (AvgIpc) is 2.39. The van der Waals surface area contributed by atoms with Crippen LogP contribution in [-0.2, 0) is 6.42 Å². The van der Waals surface area contributed by atoms with E-state index in [2.05, 4.69) is 0 Å². The Labute approximate surface area is 117 Å². The van der Waals surface area contributed by atoms with E-state index in [-0.39, 0.29) is 5.82 Å². The van der Waals surface area contributed by atoms with Gasteiger partial charge in [-0.2, -0.15) is 0 Å². The third-order valence-electron chi connectivity index (χ3n) is 3.01. The molecule has 2 aromatic rings. The van der Waals surface area contributed by atoms with Gasteiger partial charge in [0.1, 0.15) is 5.82 Å². The van der Waals surface area contributed by atoms with Gasteiger partial charge >= 0.3 is 0 Å². The van der Waals surface area contributed by atoms with E-state index in [0.29, 0.717) is 11.6 Å². The monoisotopic (exact) mass is 278 g/mol. The van der Waals surface area contributed by atoms with Crippen molar-refractivity contribution >= 4 is 23.0 Å². The highest BCUT2D eigenvalue weighted by atomic mass is 35.5. The maximum absolute atomic E-state index is 13.3. The summed E-state index contributed by atoms with van der Waals surface area (Å²) >= 11 is 6.01. The minimum atomic E-state index is -0.251. The van der Waals surface area contributed by atoms with Crippen LogP contribution < -0.4 is 10.6 Å². The van der Waals surface area contributed by atoms with E-state index in [0.717, 1.165) is 23.4 Å². The third-order valence-corrected chi connectivity index (χ3v) is 3.25. The van der Waals surface area contributed by atoms with Gasteiger partial charge in [0.15, 0.2) is 0 Å². The maximum Gasteiger partial charge on any atom is 0.125 e. The second kappa shape index (κ2) is 6.04. The topological polar surface area (TPSA) is 29.3 Å². The minimum absolute atomic E-state index is 0.251. The van der Waals surface area contributed by atoms with Crippen molar-refractivity contribution in [3.05, 3.63) is 58.9 Å². The van der Waals surface area contributed by atoms with E-state index in [4.69, 9.17) is 17.3 Å². The summed E-state index contributed by atoms with van der Waals surface area (Å²) in [5.41, 5.74) is 8.46. The molecule has 0 fully saturated rings. The van der Waals surface area contributed by atoms with Gasteiger partial charge in [-0.05, 0) is 54.9 Å². The summed E-state index contributed by atoms with van der Waals surface area (Å²) in [6.07, 6.45) is 0.732. The molecular formula is C15H16ClFN2. The Morgan fingerprint density at radius 2 is 2.00 bits per heavy atom. The lowest BCUT2D eigenvalue weighted by Crippen LogP contribution is -2.14. The summed E-state index contributed by atoms with van der Waals surface area (Å²) in [5.74, 6) is -0.251. The van der Waals surface area contributed by atoms with E-state index in [1.54, 1.807) is 6.07 Å². The van der Waals surface area contributed by atoms with Crippen LogP contribution in [0.3, 0.4) is 0 Å². The summed E-state index contributed by atoms with van der Waals surface area (Å²) in [6, 6.07) is 12.1. The SMILES string of the molecule is CN(c1cccc(F)c1)c1ccc(Cl)cc1CCN. The Bertz CT molecular complexity index is 572. The molecule has 0 aliphatic heterocycles. The fourth-order valence-electron chi connectivity index (χ4n) is 2.06. The zero-order valence-electron chi connectivity index (χ0n) is 10.7. The number of hydrogen-bond acceptors (Lipinski definition) is 2. The molecule has 0 spiro atoms. The van der Waals surface area contributed by atoms with Crippen molar-refractivity contribution < 1.29 is 4.39 Å². The molecule has 0 bridgehead atoms. The van der Waals surface area contributed by atoms with E-state index in [9.17, 15) is 4.39 Å². The van der Waals surface area contributed by atoms with Crippen molar-refractivity contribution in [1.82, 2.24) is 0 Å². The van der Waals surface area contributed by atoms with E-state index in [1.165, 1.54) is 12.1 Å². The lowest BCUT2D eigenvalue weighted by Gasteiger charge is -2.23. The van der Waals surface area contributed by atoms with Gasteiger partial charge in [0.25, 0.3) is 0 Å². The molecule has 0 aliphatic carbocycles. The Morgan fingerprint density at radius 3 is 2.68 bits per heavy atom. The van der Waals surface area contributed by atoms with Gasteiger partial charge in [-0.25, -0.2) is 4.39 Å². The molecule has 0 aliphatic rings. The van der Waals surface area contributed by atoms with Crippen LogP contribution >= 0.6 is 11.6 Å². The molecular weight excluding hydrogens is 263 g/mol. The maximum atomic E-state index is 13.3. The number of benzene rings is 2. The van der Waals surface area contributed by atoms with Gasteiger partial charge in [0.05, 0.1) is 0 Å². The number of rotatable bonds is 4. The van der Waals surface area contributed by atoms with Crippen LogP contribution in [0.15, 0.2) is 42.5 Å². The molecule has 2 aromatic carbocycles. The summed E-state index contributed by atoms with van der Waals surface area (Å²) < 4.78 is 13.3. The molecule has 0 heterocycles. The molecule has 0 amide bonds. The molecule has 2 N–H and O–H groups in total. The van der Waals surface area contributed by atoms with Crippen LogP contribution in [0.2, 0.25) is 5.02 Å². The standard InChI is InChI=1S/C15H16ClFN2/c1-19(14-4-2-3-13(17)10-14)15-6-5-12(16)9-11(15)7-8-18/h2-6,9-10H,7-8,18H2,1H3. The summed E-state index contributed by atoms with van der Waals surface area (Å²) in [4.78, 5) is 1.93. The molecule has 0 saturated heterocycles. The first kappa shape index (κ1) is 13.8. The minimum Gasteiger partial charge on any atom is -0.344 e. The highest BCUT2D eigenvalue weighted by Crippen LogP contribution is 2.29. The van der Waals surface area contributed by atoms with Gasteiger partial charge in [0, 0.05) is 23.4 Å². The summed E-state index contributed by atoms with van der Waals surface area (Å²) in [7, 11) is 1.90. The lowest BCUT2D eigenvalue weighted by atomic mass is 10.1. The Balaban J connectivity index is 2.40. The lowest BCUT2D eigenvalue weighted by molar-refractivity contribution is 0.628. The van der Waals surface area contributed by atoms with Gasteiger partial charge in [-0.15, -0.1) is 0 Å². The normalized spacial score (nSPS) is 10.5. The zero-order chi connectivity index (χ0) is 13.8. The van der Waals surface area contributed by atoms with Gasteiger partial charge in [-0.1, -0.05) is 17.7 Å². The Morgan fingerprint density at radius 1 is 1.21 bits per heavy atom. The fraction of sp³-hybridized carbons (Fsp3) is 0.200. The molecule has 0 saturated carbocycles. The first-order chi connectivity index (χ1) is 9.11. The predicted octanol–water partition coefficient (Wildman–Crippen LogP) is 3.75. The Kier molecular flexibility index (Phi) is 4.40. The molecule has 0 aromatic heterocycles. The van der Waals surface area contributed by atoms with Crippen LogP contribution in [0.4, 0.5) is 15.8 Å². The Hall–Kier alpha value is -1.58. The highest BCUT2D eigenvalue weighted by molar-refractivity contribution is 6.30. The van der Waals surface area contributed by atoms with E-state index in [1.807, 2.05) is 36.2 Å². The van der Waals surface area contributed by atoms with E-state index < -0.39 is 0 Å². The quantitative estimate of drug-likeness (QED) is 0.923. The number of halogens is 2. The van der Waals surface area contributed by atoms with Crippen LogP contribution in [0.5, 0.6) is 0 Å². The number of nitrogens with zero attached hydrogens (tertiary/aromatic N) is 1. The molecule has 0 unspecified atom stereocenters. The van der Waals surface area contributed by atoms with Crippen molar-refractivity contribution in [2.24, 2.45) is 5.73 Å². The predicted molar refractivity (Wildman–Crippen MR) is 78.7 cm³/mol. The first-order valence-corrected chi connectivity index (χ1v) is 6.47. The molecule has 2 nitrogen and oxygen atoms in total. The highest BCUT2D eigenvalue weighted by Gasteiger charge is 2.10. The summed E-state index contributed by atoms with van der Waals surface area (Å²) in [6.45, 7) is 0.546. The first-order valence-electron chi connectivity index (χ1n) is 6.09. The van der Waals surface area contributed by atoms with Crippen LogP contribution in [-0.4, -0.2) is 13.6 Å². The number of nitrogens with two attached hydrogens (primary N) is 1. The number of hydrogen-bond donors (Lipinski definition) is 1. The fourth-order valence-corrected chi connectivity index (χ4v) is 2.26. The second-order valence-corrected chi connectivity index (χ2v) is 4.79. The van der Waals surface area contributed by atoms with Crippen molar-refractivity contribution in [3.63, 3.8) is 0 Å². The summed E-state index contributed by atoms with van der Waals surface area (Å²) in [5, 5.41) is 0.680. The molecule has 19 heavy (non-hydrogen) atoms. The van der Waals surface area contributed by atoms with Crippen LogP contribution in [0.25, 0.3) is 0 Å². The molecule has 4 heteroatoms. The average molecular weight is 279 g/mol. The zero-order valence-corrected chi connectivity index (χ0v) is 11.5. The molecule has 0 radical (unpaired) electrons. The molecule has 2 rings (SSSR count). The second-order valence-electron chi connectivity index (χ2n) is 4.35. The third kappa shape index (κ3) is 3.25. The largest absolute Gasteiger partial charge is 0.344 e. The van der Waals surface area contributed by atoms with Gasteiger partial charge in [0.2, 0.25) is 0 Å². The van der Waals surface area contributed by atoms with Crippen molar-refractivity contribution in [2.75, 3.05) is 18.5 Å².